The van der Waals surface area contributed by atoms with Gasteiger partial charge >= 0.3 is 0 Å². The van der Waals surface area contributed by atoms with Crippen LogP contribution in [-0.2, 0) is 4.79 Å². The average Bonchev–Trinajstić information content (AvgIpc) is 2.97. The second kappa shape index (κ2) is 8.87. The van der Waals surface area contributed by atoms with E-state index in [0.29, 0.717) is 18.3 Å². The van der Waals surface area contributed by atoms with Crippen molar-refractivity contribution >= 4 is 11.8 Å². The van der Waals surface area contributed by atoms with Crippen LogP contribution in [0, 0.1) is 13.8 Å². The summed E-state index contributed by atoms with van der Waals surface area (Å²) in [4.78, 5) is 33.0. The molecular formula is C20H33N5O2. The molecule has 3 heterocycles. The molecule has 2 aliphatic rings. The number of hydrogen-bond acceptors (Lipinski definition) is 4. The van der Waals surface area contributed by atoms with Gasteiger partial charge < -0.3 is 19.7 Å². The summed E-state index contributed by atoms with van der Waals surface area (Å²) in [5.41, 5.74) is 1.48. The number of carbonyl (C=O) groups excluding carboxylic acids is 2. The standard InChI is InChI=1S/C20H33N5O2/c1-15-19(20(27)21-9-14-23-10-5-4-6-11-23)22-16(2)25(15)18-7-12-24(13-8-18)17(3)26/h18H,4-14H2,1-3H3,(H,21,27). The molecule has 150 valence electrons. The van der Waals surface area contributed by atoms with Crippen molar-refractivity contribution in [3.8, 4) is 0 Å². The summed E-state index contributed by atoms with van der Waals surface area (Å²) in [5.74, 6) is 0.948. The first-order valence-corrected chi connectivity index (χ1v) is 10.3. The van der Waals surface area contributed by atoms with E-state index in [1.807, 2.05) is 18.7 Å². The Bertz CT molecular complexity index is 670. The number of likely N-dealkylation sites (tertiary alicyclic amines) is 2. The number of carbonyl (C=O) groups is 2. The lowest BCUT2D eigenvalue weighted by molar-refractivity contribution is -0.130. The Morgan fingerprint density at radius 1 is 1.07 bits per heavy atom. The quantitative estimate of drug-likeness (QED) is 0.853. The highest BCUT2D eigenvalue weighted by Crippen LogP contribution is 2.27. The third-order valence-corrected chi connectivity index (χ3v) is 5.98. The number of imidazole rings is 1. The lowest BCUT2D eigenvalue weighted by Crippen LogP contribution is -2.38. The molecule has 0 unspecified atom stereocenters. The lowest BCUT2D eigenvalue weighted by Gasteiger charge is -2.33. The van der Waals surface area contributed by atoms with Gasteiger partial charge in [0.05, 0.1) is 0 Å². The third-order valence-electron chi connectivity index (χ3n) is 5.98. The highest BCUT2D eigenvalue weighted by Gasteiger charge is 2.27. The largest absolute Gasteiger partial charge is 0.349 e. The van der Waals surface area contributed by atoms with E-state index in [-0.39, 0.29) is 11.8 Å². The van der Waals surface area contributed by atoms with Crippen molar-refractivity contribution in [3.05, 3.63) is 17.2 Å². The van der Waals surface area contributed by atoms with Crippen molar-refractivity contribution in [1.29, 1.82) is 0 Å². The van der Waals surface area contributed by atoms with Gasteiger partial charge in [0.2, 0.25) is 5.91 Å². The minimum Gasteiger partial charge on any atom is -0.349 e. The number of nitrogens with zero attached hydrogens (tertiary/aromatic N) is 4. The smallest absolute Gasteiger partial charge is 0.271 e. The van der Waals surface area contributed by atoms with Gasteiger partial charge in [-0.15, -0.1) is 0 Å². The van der Waals surface area contributed by atoms with E-state index < -0.39 is 0 Å². The van der Waals surface area contributed by atoms with Crippen LogP contribution in [0.25, 0.3) is 0 Å². The molecule has 1 aromatic rings. The maximum atomic E-state index is 12.6. The number of aromatic nitrogens is 2. The third kappa shape index (κ3) is 4.69. The molecule has 7 nitrogen and oxygen atoms in total. The van der Waals surface area contributed by atoms with E-state index in [4.69, 9.17) is 0 Å². The van der Waals surface area contributed by atoms with Crippen molar-refractivity contribution in [3.63, 3.8) is 0 Å². The summed E-state index contributed by atoms with van der Waals surface area (Å²) in [6.07, 6.45) is 5.67. The monoisotopic (exact) mass is 375 g/mol. The number of piperidine rings is 2. The molecule has 0 radical (unpaired) electrons. The zero-order valence-electron chi connectivity index (χ0n) is 17.0. The van der Waals surface area contributed by atoms with E-state index in [2.05, 4.69) is 19.8 Å². The molecule has 0 spiro atoms. The Morgan fingerprint density at radius 3 is 2.37 bits per heavy atom. The van der Waals surface area contributed by atoms with Gasteiger partial charge in [-0.25, -0.2) is 4.98 Å². The van der Waals surface area contributed by atoms with Crippen molar-refractivity contribution in [1.82, 2.24) is 24.7 Å². The maximum Gasteiger partial charge on any atom is 0.271 e. The van der Waals surface area contributed by atoms with E-state index in [1.165, 1.54) is 19.3 Å². The van der Waals surface area contributed by atoms with Crippen LogP contribution in [0.1, 0.15) is 67.1 Å². The molecule has 0 aliphatic carbocycles. The molecule has 27 heavy (non-hydrogen) atoms. The van der Waals surface area contributed by atoms with E-state index >= 15 is 0 Å². The molecule has 7 heteroatoms. The number of rotatable bonds is 5. The minimum absolute atomic E-state index is 0.0764. The summed E-state index contributed by atoms with van der Waals surface area (Å²) < 4.78 is 2.19. The number of hydrogen-bond donors (Lipinski definition) is 1. The molecule has 2 aliphatic heterocycles. The van der Waals surface area contributed by atoms with Crippen molar-refractivity contribution in [2.24, 2.45) is 0 Å². The topological polar surface area (TPSA) is 70.5 Å². The number of nitrogens with one attached hydrogen (secondary N) is 1. The fourth-order valence-electron chi connectivity index (χ4n) is 4.44. The predicted octanol–water partition coefficient (Wildman–Crippen LogP) is 1.90. The summed E-state index contributed by atoms with van der Waals surface area (Å²) in [6, 6.07) is 0.308. The molecule has 2 fully saturated rings. The molecule has 0 aromatic carbocycles. The van der Waals surface area contributed by atoms with Crippen LogP contribution in [0.4, 0.5) is 0 Å². The van der Waals surface area contributed by atoms with Crippen LogP contribution in [0.2, 0.25) is 0 Å². The normalized spacial score (nSPS) is 19.3. The Balaban J connectivity index is 1.58. The number of aryl methyl sites for hydroxylation is 1. The Kier molecular flexibility index (Phi) is 6.52. The van der Waals surface area contributed by atoms with Crippen molar-refractivity contribution < 1.29 is 9.59 Å². The minimum atomic E-state index is -0.0764. The second-order valence-electron chi connectivity index (χ2n) is 7.86. The molecular weight excluding hydrogens is 342 g/mol. The second-order valence-corrected chi connectivity index (χ2v) is 7.86. The molecule has 0 atom stereocenters. The Labute approximate surface area is 162 Å². The van der Waals surface area contributed by atoms with Crippen molar-refractivity contribution in [2.75, 3.05) is 39.3 Å². The summed E-state index contributed by atoms with van der Waals surface area (Å²) in [5, 5.41) is 3.04. The van der Waals surface area contributed by atoms with Crippen LogP contribution in [0.3, 0.4) is 0 Å². The van der Waals surface area contributed by atoms with Gasteiger partial charge in [0.1, 0.15) is 11.5 Å². The number of amides is 2. The molecule has 3 rings (SSSR count). The fraction of sp³-hybridized carbons (Fsp3) is 0.750. The molecule has 0 bridgehead atoms. The van der Waals surface area contributed by atoms with Crippen molar-refractivity contribution in [2.45, 2.75) is 58.9 Å². The highest BCUT2D eigenvalue weighted by molar-refractivity contribution is 5.93. The molecule has 0 saturated carbocycles. The first-order valence-electron chi connectivity index (χ1n) is 10.3. The van der Waals surface area contributed by atoms with Crippen LogP contribution >= 0.6 is 0 Å². The summed E-state index contributed by atoms with van der Waals surface area (Å²) >= 11 is 0. The highest BCUT2D eigenvalue weighted by atomic mass is 16.2. The summed E-state index contributed by atoms with van der Waals surface area (Å²) in [6.45, 7) is 11.0. The van der Waals surface area contributed by atoms with Gasteiger partial charge in [-0.3, -0.25) is 9.59 Å². The van der Waals surface area contributed by atoms with Crippen LogP contribution in [-0.4, -0.2) is 70.4 Å². The van der Waals surface area contributed by atoms with Gasteiger partial charge in [0.25, 0.3) is 5.91 Å². The van der Waals surface area contributed by atoms with Gasteiger partial charge in [0, 0.05) is 44.8 Å². The first-order chi connectivity index (χ1) is 13.0. The zero-order chi connectivity index (χ0) is 19.4. The van der Waals surface area contributed by atoms with Gasteiger partial charge in [-0.2, -0.15) is 0 Å². The Morgan fingerprint density at radius 2 is 1.74 bits per heavy atom. The fourth-order valence-corrected chi connectivity index (χ4v) is 4.44. The Hall–Kier alpha value is -1.89. The van der Waals surface area contributed by atoms with Crippen LogP contribution < -0.4 is 5.32 Å². The maximum absolute atomic E-state index is 12.6. The van der Waals surface area contributed by atoms with E-state index in [1.54, 1.807) is 6.92 Å². The molecule has 1 aromatic heterocycles. The molecule has 2 amide bonds. The lowest BCUT2D eigenvalue weighted by atomic mass is 10.0. The predicted molar refractivity (Wildman–Crippen MR) is 105 cm³/mol. The molecule has 2 saturated heterocycles. The van der Waals surface area contributed by atoms with Crippen LogP contribution in [0.5, 0.6) is 0 Å². The van der Waals surface area contributed by atoms with E-state index in [0.717, 1.165) is 57.1 Å². The SMILES string of the molecule is CC(=O)N1CCC(n2c(C)nc(C(=O)NCCN3CCCCC3)c2C)CC1. The van der Waals surface area contributed by atoms with E-state index in [9.17, 15) is 9.59 Å². The average molecular weight is 376 g/mol. The summed E-state index contributed by atoms with van der Waals surface area (Å²) in [7, 11) is 0. The first kappa shape index (κ1) is 19.9. The van der Waals surface area contributed by atoms with Crippen LogP contribution in [0.15, 0.2) is 0 Å². The zero-order valence-corrected chi connectivity index (χ0v) is 17.0. The molecule has 1 N–H and O–H groups in total. The van der Waals surface area contributed by atoms with Gasteiger partial charge in [-0.05, 0) is 52.6 Å². The van der Waals surface area contributed by atoms with Gasteiger partial charge in [0.15, 0.2) is 0 Å². The van der Waals surface area contributed by atoms with Gasteiger partial charge in [-0.1, -0.05) is 6.42 Å².